The Kier molecular flexibility index (Phi) is 8.24. The van der Waals surface area contributed by atoms with Gasteiger partial charge < -0.3 is 19.5 Å². The molecule has 1 atom stereocenters. The first kappa shape index (κ1) is 27.1. The predicted molar refractivity (Wildman–Crippen MR) is 152 cm³/mol. The highest BCUT2D eigenvalue weighted by atomic mass is 19.1. The molecular formula is C32H33FN4O3. The van der Waals surface area contributed by atoms with Crippen LogP contribution in [0.2, 0.25) is 0 Å². The number of ether oxygens (including phenoxy) is 1. The molecule has 206 valence electrons. The molecule has 8 heteroatoms. The largest absolute Gasteiger partial charge is 0.447 e. The van der Waals surface area contributed by atoms with Crippen LogP contribution in [0.4, 0.5) is 15.9 Å². The summed E-state index contributed by atoms with van der Waals surface area (Å²) in [5.74, 6) is 0.492. The fourth-order valence-corrected chi connectivity index (χ4v) is 4.79. The SMILES string of the molecule is CCCCC(=O)OC(C(=O)N1CCn2c(nc(-c3ccc(F)cc3)c2Nc2ccc(C)cc2)C1)c1ccccc1. The van der Waals surface area contributed by atoms with Crippen molar-refractivity contribution in [3.63, 3.8) is 0 Å². The number of amides is 1. The molecule has 1 N–H and O–H groups in total. The lowest BCUT2D eigenvalue weighted by atomic mass is 10.1. The smallest absolute Gasteiger partial charge is 0.306 e. The lowest BCUT2D eigenvalue weighted by Crippen LogP contribution is -2.42. The normalized spacial score (nSPS) is 13.4. The number of fused-ring (bicyclic) bond motifs is 1. The maximum absolute atomic E-state index is 13.8. The number of esters is 1. The Bertz CT molecular complexity index is 1470. The first-order chi connectivity index (χ1) is 19.4. The monoisotopic (exact) mass is 540 g/mol. The molecule has 40 heavy (non-hydrogen) atoms. The fourth-order valence-electron chi connectivity index (χ4n) is 4.79. The third-order valence-corrected chi connectivity index (χ3v) is 7.03. The zero-order chi connectivity index (χ0) is 28.1. The Morgan fingerprint density at radius 3 is 2.42 bits per heavy atom. The van der Waals surface area contributed by atoms with Crippen molar-refractivity contribution in [2.45, 2.75) is 52.3 Å². The minimum atomic E-state index is -1.02. The summed E-state index contributed by atoms with van der Waals surface area (Å²) < 4.78 is 21.5. The van der Waals surface area contributed by atoms with E-state index in [4.69, 9.17) is 9.72 Å². The molecule has 0 saturated carbocycles. The molecule has 5 rings (SSSR count). The molecule has 0 saturated heterocycles. The minimum absolute atomic E-state index is 0.248. The molecule has 1 aromatic heterocycles. The average molecular weight is 541 g/mol. The van der Waals surface area contributed by atoms with Crippen molar-refractivity contribution in [2.24, 2.45) is 0 Å². The van der Waals surface area contributed by atoms with Gasteiger partial charge >= 0.3 is 5.97 Å². The van der Waals surface area contributed by atoms with Gasteiger partial charge in [-0.25, -0.2) is 9.37 Å². The number of benzene rings is 3. The van der Waals surface area contributed by atoms with Crippen LogP contribution in [0.25, 0.3) is 11.3 Å². The van der Waals surface area contributed by atoms with E-state index >= 15 is 0 Å². The van der Waals surface area contributed by atoms with E-state index in [1.54, 1.807) is 29.2 Å². The highest BCUT2D eigenvalue weighted by Gasteiger charge is 2.33. The summed E-state index contributed by atoms with van der Waals surface area (Å²) in [6.45, 7) is 5.20. The van der Waals surface area contributed by atoms with Crippen LogP contribution in [0, 0.1) is 12.7 Å². The number of hydrogen-bond donors (Lipinski definition) is 1. The fraction of sp³-hybridized carbons (Fsp3) is 0.281. The van der Waals surface area contributed by atoms with E-state index in [0.29, 0.717) is 36.6 Å². The number of anilines is 2. The van der Waals surface area contributed by atoms with Crippen LogP contribution >= 0.6 is 0 Å². The minimum Gasteiger partial charge on any atom is -0.447 e. The summed E-state index contributed by atoms with van der Waals surface area (Å²) in [5.41, 5.74) is 4.13. The first-order valence-corrected chi connectivity index (χ1v) is 13.6. The average Bonchev–Trinajstić information content (AvgIpc) is 3.33. The molecular weight excluding hydrogens is 507 g/mol. The predicted octanol–water partition coefficient (Wildman–Crippen LogP) is 6.56. The highest BCUT2D eigenvalue weighted by Crippen LogP contribution is 2.34. The number of nitrogens with one attached hydrogen (secondary N) is 1. The highest BCUT2D eigenvalue weighted by molar-refractivity contribution is 5.85. The molecule has 0 radical (unpaired) electrons. The van der Waals surface area contributed by atoms with E-state index in [2.05, 4.69) is 9.88 Å². The van der Waals surface area contributed by atoms with Crippen molar-refractivity contribution >= 4 is 23.4 Å². The van der Waals surface area contributed by atoms with Crippen LogP contribution in [0.1, 0.15) is 49.2 Å². The van der Waals surface area contributed by atoms with Crippen LogP contribution < -0.4 is 5.32 Å². The van der Waals surface area contributed by atoms with E-state index in [9.17, 15) is 14.0 Å². The van der Waals surface area contributed by atoms with Crippen LogP contribution in [0.3, 0.4) is 0 Å². The van der Waals surface area contributed by atoms with Gasteiger partial charge in [-0.05, 0) is 49.7 Å². The summed E-state index contributed by atoms with van der Waals surface area (Å²) in [6, 6.07) is 23.4. The quantitative estimate of drug-likeness (QED) is 0.243. The van der Waals surface area contributed by atoms with Gasteiger partial charge in [-0.3, -0.25) is 9.59 Å². The number of carbonyl (C=O) groups excluding carboxylic acids is 2. The van der Waals surface area contributed by atoms with Crippen molar-refractivity contribution in [2.75, 3.05) is 11.9 Å². The van der Waals surface area contributed by atoms with Crippen LogP contribution in [-0.4, -0.2) is 32.9 Å². The Morgan fingerprint density at radius 1 is 1.00 bits per heavy atom. The summed E-state index contributed by atoms with van der Waals surface area (Å²) in [7, 11) is 0. The van der Waals surface area contributed by atoms with E-state index in [0.717, 1.165) is 29.1 Å². The van der Waals surface area contributed by atoms with Gasteiger partial charge in [0.15, 0.2) is 0 Å². The molecule has 4 aromatic rings. The van der Waals surface area contributed by atoms with Gasteiger partial charge in [-0.15, -0.1) is 0 Å². The summed E-state index contributed by atoms with van der Waals surface area (Å²) >= 11 is 0. The molecule has 1 unspecified atom stereocenters. The maximum Gasteiger partial charge on any atom is 0.306 e. The third kappa shape index (κ3) is 6.06. The second-order valence-electron chi connectivity index (χ2n) is 10.0. The van der Waals surface area contributed by atoms with Gasteiger partial charge in [0, 0.05) is 36.3 Å². The molecule has 3 aromatic carbocycles. The van der Waals surface area contributed by atoms with Crippen LogP contribution in [0.15, 0.2) is 78.9 Å². The maximum atomic E-state index is 13.8. The van der Waals surface area contributed by atoms with Crippen molar-refractivity contribution in [1.29, 1.82) is 0 Å². The Labute approximate surface area is 233 Å². The number of aromatic nitrogens is 2. The van der Waals surface area contributed by atoms with Gasteiger partial charge in [0.05, 0.1) is 6.54 Å². The molecule has 1 aliphatic rings. The van der Waals surface area contributed by atoms with Gasteiger partial charge in [-0.1, -0.05) is 61.4 Å². The molecule has 0 bridgehead atoms. The topological polar surface area (TPSA) is 76.5 Å². The molecule has 7 nitrogen and oxygen atoms in total. The van der Waals surface area contributed by atoms with Gasteiger partial charge in [-0.2, -0.15) is 0 Å². The molecule has 0 spiro atoms. The van der Waals surface area contributed by atoms with Gasteiger partial charge in [0.2, 0.25) is 6.10 Å². The van der Waals surface area contributed by atoms with E-state index in [-0.39, 0.29) is 30.7 Å². The number of rotatable bonds is 9. The zero-order valence-electron chi connectivity index (χ0n) is 22.8. The van der Waals surface area contributed by atoms with Crippen molar-refractivity contribution in [1.82, 2.24) is 14.5 Å². The number of carbonyl (C=O) groups is 2. The second kappa shape index (κ2) is 12.2. The molecule has 1 aliphatic heterocycles. The van der Waals surface area contributed by atoms with E-state index < -0.39 is 6.10 Å². The van der Waals surface area contributed by atoms with E-state index in [1.807, 2.05) is 56.3 Å². The number of nitrogens with zero attached hydrogens (tertiary/aromatic N) is 3. The molecule has 1 amide bonds. The zero-order valence-corrected chi connectivity index (χ0v) is 22.8. The van der Waals surface area contributed by atoms with Crippen molar-refractivity contribution in [3.05, 3.63) is 102 Å². The number of aryl methyl sites for hydroxylation is 1. The standard InChI is InChI=1S/C32H33FN4O3/c1-3-4-10-28(38)40-30(24-8-6-5-7-9-24)32(39)36-19-20-37-27(21-36)35-29(23-13-15-25(33)16-14-23)31(37)34-26-17-11-22(2)12-18-26/h5-9,11-18,30,34H,3-4,10,19-21H2,1-2H3. The molecule has 0 aliphatic carbocycles. The van der Waals surface area contributed by atoms with Crippen molar-refractivity contribution < 1.29 is 18.7 Å². The Hall–Kier alpha value is -4.46. The lowest BCUT2D eigenvalue weighted by Gasteiger charge is -2.31. The van der Waals surface area contributed by atoms with Crippen LogP contribution in [0.5, 0.6) is 0 Å². The number of halogens is 1. The Morgan fingerprint density at radius 2 is 1.73 bits per heavy atom. The summed E-state index contributed by atoms with van der Waals surface area (Å²) in [4.78, 5) is 32.9. The molecule has 0 fully saturated rings. The summed E-state index contributed by atoms with van der Waals surface area (Å²) in [5, 5.41) is 3.49. The number of hydrogen-bond acceptors (Lipinski definition) is 5. The van der Waals surface area contributed by atoms with Gasteiger partial charge in [0.25, 0.3) is 5.91 Å². The Balaban J connectivity index is 1.45. The second-order valence-corrected chi connectivity index (χ2v) is 10.0. The van der Waals surface area contributed by atoms with E-state index in [1.165, 1.54) is 12.1 Å². The van der Waals surface area contributed by atoms with Crippen LogP contribution in [-0.2, 0) is 27.4 Å². The first-order valence-electron chi connectivity index (χ1n) is 13.6. The lowest BCUT2D eigenvalue weighted by molar-refractivity contribution is -0.161. The van der Waals surface area contributed by atoms with Crippen molar-refractivity contribution in [3.8, 4) is 11.3 Å². The van der Waals surface area contributed by atoms with Gasteiger partial charge in [0.1, 0.15) is 23.2 Å². The third-order valence-electron chi connectivity index (χ3n) is 7.03. The summed E-state index contributed by atoms with van der Waals surface area (Å²) in [6.07, 6.45) is 0.822. The number of imidazole rings is 1. The number of unbranched alkanes of at least 4 members (excludes halogenated alkanes) is 1. The molecule has 2 heterocycles.